The molecular weight excluding hydrogens is 378 g/mol. The summed E-state index contributed by atoms with van der Waals surface area (Å²) in [6, 6.07) is 9.93. The molecule has 0 bridgehead atoms. The molecule has 3 aromatic rings. The van der Waals surface area contributed by atoms with Gasteiger partial charge in [-0.05, 0) is 42.8 Å². The molecule has 0 spiro atoms. The fourth-order valence-corrected chi connectivity index (χ4v) is 2.91. The van der Waals surface area contributed by atoms with Gasteiger partial charge in [0.1, 0.15) is 35.0 Å². The van der Waals surface area contributed by atoms with Crippen LogP contribution < -0.4 is 15.0 Å². The molecule has 148 valence electrons. The molecule has 6 nitrogen and oxygen atoms in total. The fraction of sp³-hybridized carbons (Fsp3) is 0.190. The third-order valence-corrected chi connectivity index (χ3v) is 4.59. The van der Waals surface area contributed by atoms with Gasteiger partial charge in [0.15, 0.2) is 0 Å². The highest BCUT2D eigenvalue weighted by Crippen LogP contribution is 2.25. The second-order valence-electron chi connectivity index (χ2n) is 6.78. The second-order valence-corrected chi connectivity index (χ2v) is 6.78. The van der Waals surface area contributed by atoms with Gasteiger partial charge in [0.2, 0.25) is 0 Å². The van der Waals surface area contributed by atoms with Crippen molar-refractivity contribution < 1.29 is 18.3 Å². The number of hydrogen-bond donors (Lipinski definition) is 1. The molecule has 1 aliphatic rings. The smallest absolute Gasteiger partial charge is 0.275 e. The summed E-state index contributed by atoms with van der Waals surface area (Å²) in [5.41, 5.74) is 1.50. The average molecular weight is 396 g/mol. The minimum absolute atomic E-state index is 0.0706. The molecule has 1 saturated heterocycles. The van der Waals surface area contributed by atoms with Crippen molar-refractivity contribution in [3.8, 4) is 5.75 Å². The first-order valence-corrected chi connectivity index (χ1v) is 9.04. The van der Waals surface area contributed by atoms with Gasteiger partial charge in [0.25, 0.3) is 5.91 Å². The number of halogens is 2. The van der Waals surface area contributed by atoms with Crippen LogP contribution in [0.4, 0.5) is 20.3 Å². The van der Waals surface area contributed by atoms with Crippen LogP contribution in [-0.2, 0) is 0 Å². The minimum atomic E-state index is -0.429. The van der Waals surface area contributed by atoms with Crippen molar-refractivity contribution in [1.82, 2.24) is 9.97 Å². The Morgan fingerprint density at radius 3 is 2.48 bits per heavy atom. The Balaban J connectivity index is 1.32. The Labute approximate surface area is 166 Å². The Bertz CT molecular complexity index is 1020. The normalized spacial score (nSPS) is 13.7. The van der Waals surface area contributed by atoms with E-state index in [1.807, 2.05) is 11.8 Å². The van der Waals surface area contributed by atoms with Gasteiger partial charge in [-0.3, -0.25) is 4.79 Å². The Kier molecular flexibility index (Phi) is 5.07. The number of anilines is 2. The SMILES string of the molecule is Cc1ccc(F)cc1OC1CN(c2cnc(C(=O)Nc3ccc(F)cc3)cn2)C1. The van der Waals surface area contributed by atoms with Crippen LogP contribution in [-0.4, -0.2) is 35.1 Å². The molecule has 1 N–H and O–H groups in total. The lowest BCUT2D eigenvalue weighted by Crippen LogP contribution is -2.54. The molecule has 8 heteroatoms. The predicted molar refractivity (Wildman–Crippen MR) is 104 cm³/mol. The van der Waals surface area contributed by atoms with Crippen molar-refractivity contribution in [3.05, 3.63) is 77.8 Å². The van der Waals surface area contributed by atoms with E-state index in [-0.39, 0.29) is 23.4 Å². The summed E-state index contributed by atoms with van der Waals surface area (Å²) in [5, 5.41) is 2.63. The van der Waals surface area contributed by atoms with E-state index >= 15 is 0 Å². The largest absolute Gasteiger partial charge is 0.486 e. The van der Waals surface area contributed by atoms with Crippen LogP contribution in [0, 0.1) is 18.6 Å². The zero-order chi connectivity index (χ0) is 20.4. The number of carbonyl (C=O) groups excluding carboxylic acids is 1. The number of hydrogen-bond acceptors (Lipinski definition) is 5. The van der Waals surface area contributed by atoms with E-state index in [1.54, 1.807) is 6.07 Å². The van der Waals surface area contributed by atoms with Gasteiger partial charge in [0, 0.05) is 11.8 Å². The maximum atomic E-state index is 13.4. The molecule has 1 amide bonds. The van der Waals surface area contributed by atoms with E-state index < -0.39 is 5.91 Å². The van der Waals surface area contributed by atoms with Crippen molar-refractivity contribution in [2.75, 3.05) is 23.3 Å². The molecule has 0 radical (unpaired) electrons. The summed E-state index contributed by atoms with van der Waals surface area (Å²) in [4.78, 5) is 22.6. The lowest BCUT2D eigenvalue weighted by atomic mass is 10.1. The van der Waals surface area contributed by atoms with Gasteiger partial charge < -0.3 is 15.0 Å². The van der Waals surface area contributed by atoms with Crippen molar-refractivity contribution in [2.45, 2.75) is 13.0 Å². The average Bonchev–Trinajstić information content (AvgIpc) is 2.69. The van der Waals surface area contributed by atoms with E-state index in [2.05, 4.69) is 15.3 Å². The van der Waals surface area contributed by atoms with Gasteiger partial charge in [-0.15, -0.1) is 0 Å². The van der Waals surface area contributed by atoms with E-state index in [4.69, 9.17) is 4.74 Å². The number of carbonyl (C=O) groups is 1. The third-order valence-electron chi connectivity index (χ3n) is 4.59. The molecule has 2 heterocycles. The third kappa shape index (κ3) is 4.31. The summed E-state index contributed by atoms with van der Waals surface area (Å²) in [5.74, 6) is 0.0217. The van der Waals surface area contributed by atoms with Crippen LogP contribution in [0.25, 0.3) is 0 Å². The molecule has 0 aliphatic carbocycles. The highest BCUT2D eigenvalue weighted by atomic mass is 19.1. The highest BCUT2D eigenvalue weighted by Gasteiger charge is 2.30. The van der Waals surface area contributed by atoms with Crippen LogP contribution in [0.2, 0.25) is 0 Å². The summed E-state index contributed by atoms with van der Waals surface area (Å²) in [6.07, 6.45) is 2.83. The maximum absolute atomic E-state index is 13.4. The molecule has 1 aliphatic heterocycles. The lowest BCUT2D eigenvalue weighted by Gasteiger charge is -2.39. The van der Waals surface area contributed by atoms with Crippen LogP contribution >= 0.6 is 0 Å². The number of amides is 1. The first-order valence-electron chi connectivity index (χ1n) is 9.04. The molecule has 1 fully saturated rings. The van der Waals surface area contributed by atoms with Gasteiger partial charge in [-0.2, -0.15) is 0 Å². The summed E-state index contributed by atoms with van der Waals surface area (Å²) < 4.78 is 32.1. The highest BCUT2D eigenvalue weighted by molar-refractivity contribution is 6.02. The molecule has 29 heavy (non-hydrogen) atoms. The van der Waals surface area contributed by atoms with Crippen molar-refractivity contribution in [3.63, 3.8) is 0 Å². The molecule has 0 atom stereocenters. The Hall–Kier alpha value is -3.55. The van der Waals surface area contributed by atoms with E-state index in [9.17, 15) is 13.6 Å². The molecule has 2 aromatic carbocycles. The summed E-state index contributed by atoms with van der Waals surface area (Å²) in [6.45, 7) is 3.05. The van der Waals surface area contributed by atoms with Gasteiger partial charge in [0.05, 0.1) is 25.5 Å². The number of aromatic nitrogens is 2. The van der Waals surface area contributed by atoms with Crippen LogP contribution in [0.5, 0.6) is 5.75 Å². The minimum Gasteiger partial charge on any atom is -0.486 e. The number of nitrogens with zero attached hydrogens (tertiary/aromatic N) is 3. The number of nitrogens with one attached hydrogen (secondary N) is 1. The molecule has 4 rings (SSSR count). The molecule has 0 unspecified atom stereocenters. The Morgan fingerprint density at radius 2 is 1.79 bits per heavy atom. The topological polar surface area (TPSA) is 67.3 Å². The fourth-order valence-electron chi connectivity index (χ4n) is 2.91. The number of ether oxygens (including phenoxy) is 1. The molecular formula is C21H18F2N4O2. The number of aryl methyl sites for hydroxylation is 1. The van der Waals surface area contributed by atoms with E-state index in [0.29, 0.717) is 30.3 Å². The van der Waals surface area contributed by atoms with Gasteiger partial charge in [-0.1, -0.05) is 6.07 Å². The summed E-state index contributed by atoms with van der Waals surface area (Å²) in [7, 11) is 0. The van der Waals surface area contributed by atoms with Crippen LogP contribution in [0.15, 0.2) is 54.9 Å². The van der Waals surface area contributed by atoms with Crippen LogP contribution in [0.3, 0.4) is 0 Å². The van der Waals surface area contributed by atoms with E-state index in [1.165, 1.54) is 48.8 Å². The quantitative estimate of drug-likeness (QED) is 0.714. The monoisotopic (exact) mass is 396 g/mol. The first-order chi connectivity index (χ1) is 14.0. The lowest BCUT2D eigenvalue weighted by molar-refractivity contribution is 0.102. The van der Waals surface area contributed by atoms with E-state index in [0.717, 1.165) is 5.56 Å². The molecule has 0 saturated carbocycles. The van der Waals surface area contributed by atoms with Crippen molar-refractivity contribution in [1.29, 1.82) is 0 Å². The standard InChI is InChI=1S/C21H18F2N4O2/c1-13-2-3-15(23)8-19(13)29-17-11-27(12-17)20-10-24-18(9-25-20)21(28)26-16-6-4-14(22)5-7-16/h2-10,17H,11-12H2,1H3,(H,26,28). The number of benzene rings is 2. The predicted octanol–water partition coefficient (Wildman–Crippen LogP) is 3.58. The van der Waals surface area contributed by atoms with Gasteiger partial charge >= 0.3 is 0 Å². The second kappa shape index (κ2) is 7.83. The maximum Gasteiger partial charge on any atom is 0.275 e. The zero-order valence-electron chi connectivity index (χ0n) is 15.6. The zero-order valence-corrected chi connectivity index (χ0v) is 15.6. The van der Waals surface area contributed by atoms with Crippen molar-refractivity contribution in [2.24, 2.45) is 0 Å². The van der Waals surface area contributed by atoms with Gasteiger partial charge in [-0.25, -0.2) is 18.7 Å². The van der Waals surface area contributed by atoms with Crippen LogP contribution in [0.1, 0.15) is 16.1 Å². The first kappa shape index (κ1) is 18.8. The number of rotatable bonds is 5. The van der Waals surface area contributed by atoms with Crippen molar-refractivity contribution >= 4 is 17.4 Å². The summed E-state index contributed by atoms with van der Waals surface area (Å²) >= 11 is 0. The molecule has 1 aromatic heterocycles. The Morgan fingerprint density at radius 1 is 1.07 bits per heavy atom.